The maximum Gasteiger partial charge on any atom is 0.256 e. The van der Waals surface area contributed by atoms with E-state index in [0.717, 1.165) is 28.0 Å². The lowest BCUT2D eigenvalue weighted by Crippen LogP contribution is -2.42. The molecule has 0 aliphatic carbocycles. The Morgan fingerprint density at radius 3 is 2.73 bits per heavy atom. The van der Waals surface area contributed by atoms with Crippen molar-refractivity contribution >= 4 is 11.7 Å². The van der Waals surface area contributed by atoms with E-state index in [9.17, 15) is 9.90 Å². The highest BCUT2D eigenvalue weighted by Gasteiger charge is 2.24. The van der Waals surface area contributed by atoms with Gasteiger partial charge in [0, 0.05) is 31.9 Å². The van der Waals surface area contributed by atoms with Gasteiger partial charge in [0.15, 0.2) is 6.29 Å². The first kappa shape index (κ1) is 22.8. The molecule has 0 bridgehead atoms. The molecule has 4 rings (SSSR count). The highest BCUT2D eigenvalue weighted by atomic mass is 16.6. The second-order valence-electron chi connectivity index (χ2n) is 8.15. The molecule has 1 N–H and O–H groups in total. The fourth-order valence-corrected chi connectivity index (χ4v) is 4.09. The van der Waals surface area contributed by atoms with E-state index in [1.165, 1.54) is 0 Å². The van der Waals surface area contributed by atoms with Gasteiger partial charge in [0.2, 0.25) is 0 Å². The van der Waals surface area contributed by atoms with E-state index >= 15 is 0 Å². The summed E-state index contributed by atoms with van der Waals surface area (Å²) in [6.07, 6.45) is 0.788. The Kier molecular flexibility index (Phi) is 6.91. The standard InChI is InChI=1S/C26H29N3O4/c1-18-8-4-6-10-20(18)21-14-24(29-12-13-33-25(30)17-29)27-15-22(21)26(31)28(2)16-19-9-5-7-11-23(19)32-3/h4-11,14-15,25,30H,12-13,16-17H2,1-3H3. The van der Waals surface area contributed by atoms with Gasteiger partial charge >= 0.3 is 0 Å². The molecule has 1 amide bonds. The molecule has 1 saturated heterocycles. The first-order valence-electron chi connectivity index (χ1n) is 11.0. The Bertz CT molecular complexity index is 1130. The molecular formula is C26H29N3O4. The lowest BCUT2D eigenvalue weighted by molar-refractivity contribution is -0.104. The third-order valence-electron chi connectivity index (χ3n) is 5.87. The quantitative estimate of drug-likeness (QED) is 0.624. The van der Waals surface area contributed by atoms with Crippen LogP contribution < -0.4 is 9.64 Å². The van der Waals surface area contributed by atoms with Gasteiger partial charge in [0.05, 0.1) is 25.8 Å². The number of para-hydroxylation sites is 1. The summed E-state index contributed by atoms with van der Waals surface area (Å²) in [5, 5.41) is 9.91. The molecule has 172 valence electrons. The Morgan fingerprint density at radius 1 is 1.21 bits per heavy atom. The van der Waals surface area contributed by atoms with Crippen molar-refractivity contribution in [3.05, 3.63) is 77.5 Å². The molecule has 2 aromatic carbocycles. The van der Waals surface area contributed by atoms with Crippen molar-refractivity contribution < 1.29 is 19.4 Å². The van der Waals surface area contributed by atoms with Gasteiger partial charge in [-0.05, 0) is 35.7 Å². The number of β-amino-alcohol motifs (C(OH)–C–C–N with tert-alkyl or cyclic N) is 1. The lowest BCUT2D eigenvalue weighted by Gasteiger charge is -2.31. The van der Waals surface area contributed by atoms with Crippen molar-refractivity contribution in [3.63, 3.8) is 0 Å². The van der Waals surface area contributed by atoms with Crippen molar-refractivity contribution in [3.8, 4) is 16.9 Å². The van der Waals surface area contributed by atoms with Gasteiger partial charge in [-0.3, -0.25) is 4.79 Å². The topological polar surface area (TPSA) is 75.1 Å². The van der Waals surface area contributed by atoms with Crippen LogP contribution in [0.5, 0.6) is 5.75 Å². The molecule has 0 saturated carbocycles. The van der Waals surface area contributed by atoms with Gasteiger partial charge in [-0.15, -0.1) is 0 Å². The predicted octanol–water partition coefficient (Wildman–Crippen LogP) is 3.49. The lowest BCUT2D eigenvalue weighted by atomic mass is 9.96. The Labute approximate surface area is 194 Å². The number of aliphatic hydroxyl groups is 1. The number of rotatable bonds is 6. The third kappa shape index (κ3) is 4.99. The SMILES string of the molecule is COc1ccccc1CN(C)C(=O)c1cnc(N2CCOC(O)C2)cc1-c1ccccc1C. The average molecular weight is 448 g/mol. The highest BCUT2D eigenvalue weighted by molar-refractivity contribution is 6.01. The number of aliphatic hydroxyl groups excluding tert-OH is 1. The number of hydrogen-bond donors (Lipinski definition) is 1. The number of anilines is 1. The second-order valence-corrected chi connectivity index (χ2v) is 8.15. The molecule has 0 spiro atoms. The van der Waals surface area contributed by atoms with Crippen LogP contribution in [0.25, 0.3) is 11.1 Å². The van der Waals surface area contributed by atoms with Crippen LogP contribution in [-0.4, -0.2) is 61.0 Å². The van der Waals surface area contributed by atoms with E-state index < -0.39 is 6.29 Å². The minimum Gasteiger partial charge on any atom is -0.496 e. The predicted molar refractivity (Wildman–Crippen MR) is 127 cm³/mol. The number of hydrogen-bond acceptors (Lipinski definition) is 6. The Hall–Kier alpha value is -3.42. The minimum atomic E-state index is -0.851. The summed E-state index contributed by atoms with van der Waals surface area (Å²) in [5.74, 6) is 1.33. The summed E-state index contributed by atoms with van der Waals surface area (Å²) in [5.41, 5.74) is 4.32. The van der Waals surface area contributed by atoms with Crippen LogP contribution in [0.15, 0.2) is 60.8 Å². The van der Waals surface area contributed by atoms with Crippen molar-refractivity contribution in [2.75, 3.05) is 38.8 Å². The fraction of sp³-hybridized carbons (Fsp3) is 0.308. The zero-order valence-electron chi connectivity index (χ0n) is 19.2. The molecule has 1 atom stereocenters. The number of carbonyl (C=O) groups excluding carboxylic acids is 1. The summed E-state index contributed by atoms with van der Waals surface area (Å²) < 4.78 is 10.7. The summed E-state index contributed by atoms with van der Waals surface area (Å²) in [7, 11) is 3.41. The molecular weight excluding hydrogens is 418 g/mol. The van der Waals surface area contributed by atoms with E-state index in [4.69, 9.17) is 9.47 Å². The number of nitrogens with zero attached hydrogens (tertiary/aromatic N) is 3. The van der Waals surface area contributed by atoms with E-state index in [2.05, 4.69) is 4.98 Å². The number of aromatic nitrogens is 1. The van der Waals surface area contributed by atoms with Crippen molar-refractivity contribution in [1.82, 2.24) is 9.88 Å². The van der Waals surface area contributed by atoms with Crippen LogP contribution in [0, 0.1) is 6.92 Å². The fourth-order valence-electron chi connectivity index (χ4n) is 4.09. The summed E-state index contributed by atoms with van der Waals surface area (Å²) >= 11 is 0. The zero-order valence-corrected chi connectivity index (χ0v) is 19.2. The van der Waals surface area contributed by atoms with Crippen LogP contribution in [0.1, 0.15) is 21.5 Å². The molecule has 2 heterocycles. The van der Waals surface area contributed by atoms with Gasteiger partial charge in [-0.1, -0.05) is 42.5 Å². The highest BCUT2D eigenvalue weighted by Crippen LogP contribution is 2.31. The number of aryl methyl sites for hydroxylation is 1. The molecule has 3 aromatic rings. The average Bonchev–Trinajstić information content (AvgIpc) is 2.84. The zero-order chi connectivity index (χ0) is 23.4. The molecule has 7 heteroatoms. The van der Waals surface area contributed by atoms with Gasteiger partial charge in [0.1, 0.15) is 11.6 Å². The minimum absolute atomic E-state index is 0.125. The second kappa shape index (κ2) is 10.0. The van der Waals surface area contributed by atoms with E-state index in [1.54, 1.807) is 25.3 Å². The monoisotopic (exact) mass is 447 g/mol. The number of benzene rings is 2. The third-order valence-corrected chi connectivity index (χ3v) is 5.87. The van der Waals surface area contributed by atoms with Gasteiger partial charge in [0.25, 0.3) is 5.91 Å². The summed E-state index contributed by atoms with van der Waals surface area (Å²) in [4.78, 5) is 21.8. The van der Waals surface area contributed by atoms with Gasteiger partial charge in [-0.2, -0.15) is 0 Å². The Balaban J connectivity index is 1.70. The van der Waals surface area contributed by atoms with Crippen LogP contribution in [0.4, 0.5) is 5.82 Å². The molecule has 0 radical (unpaired) electrons. The number of methoxy groups -OCH3 is 1. The summed E-state index contributed by atoms with van der Waals surface area (Å²) in [6, 6.07) is 17.6. The molecule has 1 aromatic heterocycles. The van der Waals surface area contributed by atoms with Crippen molar-refractivity contribution in [2.24, 2.45) is 0 Å². The molecule has 1 unspecified atom stereocenters. The van der Waals surface area contributed by atoms with Crippen molar-refractivity contribution in [1.29, 1.82) is 0 Å². The van der Waals surface area contributed by atoms with Crippen LogP contribution in [0.2, 0.25) is 0 Å². The van der Waals surface area contributed by atoms with E-state index in [-0.39, 0.29) is 5.91 Å². The number of pyridine rings is 1. The van der Waals surface area contributed by atoms with E-state index in [1.807, 2.05) is 66.4 Å². The van der Waals surface area contributed by atoms with E-state index in [0.29, 0.717) is 37.6 Å². The normalized spacial score (nSPS) is 15.9. The number of amides is 1. The molecule has 1 aliphatic heterocycles. The number of morpholine rings is 1. The Morgan fingerprint density at radius 2 is 1.97 bits per heavy atom. The molecule has 33 heavy (non-hydrogen) atoms. The molecule has 7 nitrogen and oxygen atoms in total. The van der Waals surface area contributed by atoms with Gasteiger partial charge < -0.3 is 24.4 Å². The van der Waals surface area contributed by atoms with Crippen LogP contribution in [0.3, 0.4) is 0 Å². The van der Waals surface area contributed by atoms with Crippen LogP contribution >= 0.6 is 0 Å². The smallest absolute Gasteiger partial charge is 0.256 e. The molecule has 1 aliphatic rings. The number of carbonyl (C=O) groups is 1. The first-order chi connectivity index (χ1) is 16.0. The maximum atomic E-state index is 13.6. The van der Waals surface area contributed by atoms with Crippen molar-refractivity contribution in [2.45, 2.75) is 19.8 Å². The van der Waals surface area contributed by atoms with Gasteiger partial charge in [-0.25, -0.2) is 4.98 Å². The number of ether oxygens (including phenoxy) is 2. The molecule has 1 fully saturated rings. The largest absolute Gasteiger partial charge is 0.496 e. The first-order valence-corrected chi connectivity index (χ1v) is 11.0. The maximum absolute atomic E-state index is 13.6. The summed E-state index contributed by atoms with van der Waals surface area (Å²) in [6.45, 7) is 3.82. The van der Waals surface area contributed by atoms with Crippen LogP contribution in [-0.2, 0) is 11.3 Å².